The number of nitrogen functional groups attached to an aromatic ring is 1. The van der Waals surface area contributed by atoms with Crippen LogP contribution in [0.5, 0.6) is 0 Å². The lowest BCUT2D eigenvalue weighted by Gasteiger charge is -2.11. The van der Waals surface area contributed by atoms with Crippen LogP contribution in [0.1, 0.15) is 11.1 Å². The van der Waals surface area contributed by atoms with Gasteiger partial charge in [0.1, 0.15) is 6.07 Å². The van der Waals surface area contributed by atoms with Gasteiger partial charge in [-0.2, -0.15) is 5.26 Å². The van der Waals surface area contributed by atoms with E-state index in [0.29, 0.717) is 16.8 Å². The zero-order valence-electron chi connectivity index (χ0n) is 11.3. The Morgan fingerprint density at radius 2 is 1.81 bits per heavy atom. The number of rotatable bonds is 4. The lowest BCUT2D eigenvalue weighted by atomic mass is 10.1. The van der Waals surface area contributed by atoms with Gasteiger partial charge >= 0.3 is 0 Å². The number of nitrogens with zero attached hydrogens (tertiary/aromatic N) is 1. The van der Waals surface area contributed by atoms with E-state index in [4.69, 9.17) is 11.1 Å². The van der Waals surface area contributed by atoms with Crippen molar-refractivity contribution in [2.24, 2.45) is 5.84 Å². The highest BCUT2D eigenvalue weighted by atomic mass is 32.2. The summed E-state index contributed by atoms with van der Waals surface area (Å²) < 4.78 is 27.0. The lowest BCUT2D eigenvalue weighted by Crippen LogP contribution is -2.14. The molecule has 2 rings (SSSR count). The van der Waals surface area contributed by atoms with Gasteiger partial charge in [-0.15, -0.1) is 0 Å². The SMILES string of the molecule is Cc1cccc(NS(=O)(=O)c2ccc(NN)cc2)c1C#N. The molecule has 0 aliphatic carbocycles. The van der Waals surface area contributed by atoms with Crippen LogP contribution in [0.15, 0.2) is 47.4 Å². The Morgan fingerprint density at radius 1 is 1.14 bits per heavy atom. The molecular formula is C14H14N4O2S. The Balaban J connectivity index is 2.38. The molecule has 0 aromatic heterocycles. The van der Waals surface area contributed by atoms with Gasteiger partial charge in [0.05, 0.1) is 16.1 Å². The number of nitrogens with two attached hydrogens (primary N) is 1. The molecule has 0 saturated heterocycles. The highest BCUT2D eigenvalue weighted by Gasteiger charge is 2.16. The van der Waals surface area contributed by atoms with E-state index >= 15 is 0 Å². The van der Waals surface area contributed by atoms with Gasteiger partial charge in [0.2, 0.25) is 0 Å². The minimum Gasteiger partial charge on any atom is -0.324 e. The predicted molar refractivity (Wildman–Crippen MR) is 81.0 cm³/mol. The lowest BCUT2D eigenvalue weighted by molar-refractivity contribution is 0.601. The number of aryl methyl sites for hydroxylation is 1. The number of hydrogen-bond acceptors (Lipinski definition) is 5. The predicted octanol–water partition coefficient (Wildman–Crippen LogP) is 1.95. The van der Waals surface area contributed by atoms with Crippen LogP contribution in [0.4, 0.5) is 11.4 Å². The highest BCUT2D eigenvalue weighted by Crippen LogP contribution is 2.22. The average molecular weight is 302 g/mol. The molecule has 0 atom stereocenters. The van der Waals surface area contributed by atoms with Crippen molar-refractivity contribution in [2.75, 3.05) is 10.1 Å². The van der Waals surface area contributed by atoms with Crippen molar-refractivity contribution in [2.45, 2.75) is 11.8 Å². The Labute approximate surface area is 123 Å². The van der Waals surface area contributed by atoms with Crippen LogP contribution in [-0.4, -0.2) is 8.42 Å². The van der Waals surface area contributed by atoms with E-state index in [2.05, 4.69) is 10.1 Å². The molecule has 0 spiro atoms. The molecule has 0 heterocycles. The fourth-order valence-corrected chi connectivity index (χ4v) is 2.91. The van der Waals surface area contributed by atoms with E-state index in [9.17, 15) is 8.42 Å². The van der Waals surface area contributed by atoms with Gasteiger partial charge in [0, 0.05) is 5.69 Å². The summed E-state index contributed by atoms with van der Waals surface area (Å²) in [5.74, 6) is 5.24. The zero-order chi connectivity index (χ0) is 15.5. The van der Waals surface area contributed by atoms with E-state index in [0.717, 1.165) is 0 Å². The topological polar surface area (TPSA) is 108 Å². The molecule has 4 N–H and O–H groups in total. The van der Waals surface area contributed by atoms with E-state index in [1.807, 2.05) is 6.07 Å². The highest BCUT2D eigenvalue weighted by molar-refractivity contribution is 7.92. The summed E-state index contributed by atoms with van der Waals surface area (Å²) in [6, 6.07) is 13.0. The molecule has 0 aliphatic heterocycles. The van der Waals surface area contributed by atoms with Crippen molar-refractivity contribution >= 4 is 21.4 Å². The Kier molecular flexibility index (Phi) is 4.12. The number of benzene rings is 2. The van der Waals surface area contributed by atoms with Gasteiger partial charge in [-0.25, -0.2) is 8.42 Å². The molecule has 6 nitrogen and oxygen atoms in total. The van der Waals surface area contributed by atoms with Crippen LogP contribution in [0.25, 0.3) is 0 Å². The maximum atomic E-state index is 12.3. The number of hydrazine groups is 1. The fourth-order valence-electron chi connectivity index (χ4n) is 1.84. The number of sulfonamides is 1. The monoisotopic (exact) mass is 302 g/mol. The first-order valence-electron chi connectivity index (χ1n) is 6.07. The summed E-state index contributed by atoms with van der Waals surface area (Å²) in [5, 5.41) is 9.13. The van der Waals surface area contributed by atoms with Crippen molar-refractivity contribution < 1.29 is 8.42 Å². The van der Waals surface area contributed by atoms with E-state index in [1.54, 1.807) is 37.3 Å². The molecule has 0 saturated carbocycles. The van der Waals surface area contributed by atoms with Gasteiger partial charge in [0.15, 0.2) is 0 Å². The van der Waals surface area contributed by atoms with Gasteiger partial charge in [0.25, 0.3) is 10.0 Å². The summed E-state index contributed by atoms with van der Waals surface area (Å²) in [5.41, 5.74) is 4.30. The van der Waals surface area contributed by atoms with Gasteiger partial charge < -0.3 is 5.43 Å². The summed E-state index contributed by atoms with van der Waals surface area (Å²) in [7, 11) is -3.76. The number of hydrogen-bond donors (Lipinski definition) is 3. The molecule has 2 aromatic carbocycles. The van der Waals surface area contributed by atoms with Gasteiger partial charge in [-0.3, -0.25) is 10.6 Å². The first kappa shape index (κ1) is 14.8. The van der Waals surface area contributed by atoms with Crippen LogP contribution in [0.2, 0.25) is 0 Å². The Morgan fingerprint density at radius 3 is 2.38 bits per heavy atom. The molecule has 0 radical (unpaired) electrons. The minimum atomic E-state index is -3.76. The molecular weight excluding hydrogens is 288 g/mol. The zero-order valence-corrected chi connectivity index (χ0v) is 12.1. The first-order valence-corrected chi connectivity index (χ1v) is 7.55. The first-order chi connectivity index (χ1) is 9.97. The summed E-state index contributed by atoms with van der Waals surface area (Å²) in [6.07, 6.45) is 0. The largest absolute Gasteiger partial charge is 0.324 e. The number of nitriles is 1. The van der Waals surface area contributed by atoms with Crippen molar-refractivity contribution in [3.05, 3.63) is 53.6 Å². The third-order valence-electron chi connectivity index (χ3n) is 2.96. The van der Waals surface area contributed by atoms with Crippen molar-refractivity contribution in [3.63, 3.8) is 0 Å². The summed E-state index contributed by atoms with van der Waals surface area (Å²) >= 11 is 0. The van der Waals surface area contributed by atoms with Gasteiger partial charge in [-0.05, 0) is 42.8 Å². The Bertz CT molecular complexity index is 793. The third-order valence-corrected chi connectivity index (χ3v) is 4.34. The molecule has 21 heavy (non-hydrogen) atoms. The van der Waals surface area contributed by atoms with Crippen LogP contribution in [0.3, 0.4) is 0 Å². The van der Waals surface area contributed by atoms with Crippen LogP contribution in [0, 0.1) is 18.3 Å². The van der Waals surface area contributed by atoms with Crippen LogP contribution in [-0.2, 0) is 10.0 Å². The van der Waals surface area contributed by atoms with Crippen molar-refractivity contribution in [1.29, 1.82) is 5.26 Å². The average Bonchev–Trinajstić information content (AvgIpc) is 2.47. The summed E-state index contributed by atoms with van der Waals surface area (Å²) in [4.78, 5) is 0.0897. The minimum absolute atomic E-state index is 0.0897. The molecule has 108 valence electrons. The van der Waals surface area contributed by atoms with E-state index in [1.165, 1.54) is 12.1 Å². The normalized spacial score (nSPS) is 10.7. The molecule has 0 amide bonds. The van der Waals surface area contributed by atoms with Crippen LogP contribution >= 0.6 is 0 Å². The standard InChI is InChI=1S/C14H14N4O2S/c1-10-3-2-4-14(13(10)9-15)18-21(19,20)12-7-5-11(17-16)6-8-12/h2-8,17-18H,16H2,1H3. The fraction of sp³-hybridized carbons (Fsp3) is 0.0714. The van der Waals surface area contributed by atoms with E-state index < -0.39 is 10.0 Å². The molecule has 7 heteroatoms. The number of anilines is 2. The number of nitrogens with one attached hydrogen (secondary N) is 2. The molecule has 0 fully saturated rings. The molecule has 2 aromatic rings. The second kappa shape index (κ2) is 5.83. The second-order valence-electron chi connectivity index (χ2n) is 4.38. The molecule has 0 unspecified atom stereocenters. The summed E-state index contributed by atoms with van der Waals surface area (Å²) in [6.45, 7) is 1.75. The quantitative estimate of drug-likeness (QED) is 0.591. The van der Waals surface area contributed by atoms with Gasteiger partial charge in [-0.1, -0.05) is 12.1 Å². The molecule has 0 bridgehead atoms. The third kappa shape index (κ3) is 3.13. The molecule has 0 aliphatic rings. The van der Waals surface area contributed by atoms with Crippen molar-refractivity contribution in [3.8, 4) is 6.07 Å². The maximum Gasteiger partial charge on any atom is 0.261 e. The van der Waals surface area contributed by atoms with Crippen LogP contribution < -0.4 is 16.0 Å². The van der Waals surface area contributed by atoms with Crippen molar-refractivity contribution in [1.82, 2.24) is 0 Å². The smallest absolute Gasteiger partial charge is 0.261 e. The second-order valence-corrected chi connectivity index (χ2v) is 6.07. The maximum absolute atomic E-state index is 12.3. The Hall–Kier alpha value is -2.56. The van der Waals surface area contributed by atoms with E-state index in [-0.39, 0.29) is 10.6 Å².